The average Bonchev–Trinajstić information content (AvgIpc) is 1.72. The molecule has 0 bridgehead atoms. The van der Waals surface area contributed by atoms with Crippen LogP contribution in [0.25, 0.3) is 0 Å². The van der Waals surface area contributed by atoms with Crippen molar-refractivity contribution in [3.63, 3.8) is 0 Å². The summed E-state index contributed by atoms with van der Waals surface area (Å²) in [6, 6.07) is 0. The summed E-state index contributed by atoms with van der Waals surface area (Å²) in [7, 11) is 2.00. The Labute approximate surface area is 53.3 Å². The Morgan fingerprint density at radius 3 is 2.83 bits per heavy atom. The first kappa shape index (κ1) is 5.26. The molecule has 0 radical (unpaired) electrons. The zero-order valence-corrected chi connectivity index (χ0v) is 9.48. The molecule has 34 valence electrons. The molecule has 6 heavy (non-hydrogen) atoms. The summed E-state index contributed by atoms with van der Waals surface area (Å²) in [6.07, 6.45) is 0. The maximum atomic E-state index is 2.52. The molecule has 0 aromatic carbocycles. The Balaban J connectivity index is 2.46. The maximum absolute atomic E-state index is 2.52. The predicted molar refractivity (Wildman–Crippen MR) is 47.4 cm³/mol. The van der Waals surface area contributed by atoms with Crippen LogP contribution in [0.5, 0.6) is 0 Å². The SMILES string of the molecule is C1=C[IH][SiH2][SiH]=[SiH]1. The molecule has 4 heteroatoms. The first-order chi connectivity index (χ1) is 3.00. The van der Waals surface area contributed by atoms with Gasteiger partial charge in [-0.1, -0.05) is 0 Å². The van der Waals surface area contributed by atoms with Gasteiger partial charge in [-0.05, 0) is 0 Å². The molecular weight excluding hydrogens is 235 g/mol. The van der Waals surface area contributed by atoms with E-state index in [4.69, 9.17) is 0 Å². The molecule has 0 amide bonds. The van der Waals surface area contributed by atoms with Crippen LogP contribution in [0, 0.1) is 0 Å². The van der Waals surface area contributed by atoms with E-state index in [0.717, 1.165) is 16.7 Å². The van der Waals surface area contributed by atoms with Crippen LogP contribution in [0.4, 0.5) is 0 Å². The molecule has 1 aliphatic heterocycles. The van der Waals surface area contributed by atoms with Crippen molar-refractivity contribution >= 4 is 43.7 Å². The van der Waals surface area contributed by atoms with Crippen molar-refractivity contribution in [2.24, 2.45) is 0 Å². The molecule has 0 saturated carbocycles. The van der Waals surface area contributed by atoms with Crippen LogP contribution >= 0.6 is 20.4 Å². The standard InChI is InChI=1S/C2H7ISi3/c1-2-4-6-5-3-1/h1-4,6H,5H2. The Bertz CT molecular complexity index is 74.8. The topological polar surface area (TPSA) is 0 Å². The van der Waals surface area contributed by atoms with Crippen molar-refractivity contribution in [3.05, 3.63) is 9.78 Å². The predicted octanol–water partition coefficient (Wildman–Crippen LogP) is -1.04. The first-order valence-corrected chi connectivity index (χ1v) is 15.4. The summed E-state index contributed by atoms with van der Waals surface area (Å²) in [6.45, 7) is 0.672. The van der Waals surface area contributed by atoms with E-state index in [1.807, 2.05) is 0 Å². The van der Waals surface area contributed by atoms with Crippen LogP contribution < -0.4 is 0 Å². The molecule has 0 saturated heterocycles. The summed E-state index contributed by atoms with van der Waals surface area (Å²) in [5.41, 5.74) is 2.48. The monoisotopic (exact) mass is 242 g/mol. The van der Waals surface area contributed by atoms with E-state index >= 15 is 0 Å². The second kappa shape index (κ2) is 3.17. The number of rotatable bonds is 0. The molecule has 1 rings (SSSR count). The van der Waals surface area contributed by atoms with Gasteiger partial charge in [0.2, 0.25) is 0 Å². The van der Waals surface area contributed by atoms with Crippen molar-refractivity contribution in [1.29, 1.82) is 0 Å². The van der Waals surface area contributed by atoms with Crippen LogP contribution in [0.2, 0.25) is 0 Å². The summed E-state index contributed by atoms with van der Waals surface area (Å²) < 4.78 is 2.52. The van der Waals surface area contributed by atoms with Gasteiger partial charge in [-0.25, -0.2) is 0 Å². The minimum atomic E-state index is 0.588. The second-order valence-electron chi connectivity index (χ2n) is 1.09. The number of hydrogen-bond donors (Lipinski definition) is 0. The molecule has 0 fully saturated rings. The summed E-state index contributed by atoms with van der Waals surface area (Å²) >= 11 is 0.588. The van der Waals surface area contributed by atoms with E-state index in [1.54, 1.807) is 0 Å². The van der Waals surface area contributed by atoms with Gasteiger partial charge >= 0.3 is 53.5 Å². The molecule has 0 aliphatic carbocycles. The van der Waals surface area contributed by atoms with Gasteiger partial charge < -0.3 is 0 Å². The van der Waals surface area contributed by atoms with Gasteiger partial charge in [0.25, 0.3) is 0 Å². The van der Waals surface area contributed by atoms with Crippen molar-refractivity contribution < 1.29 is 0 Å². The molecule has 0 aromatic heterocycles. The van der Waals surface area contributed by atoms with E-state index in [0.29, 0.717) is 26.9 Å². The molecular formula is C2H7ISi3. The molecule has 0 N–H and O–H groups in total. The van der Waals surface area contributed by atoms with Crippen LogP contribution in [0.3, 0.4) is 0 Å². The minimum absolute atomic E-state index is 0.588. The average molecular weight is 242 g/mol. The Kier molecular flexibility index (Phi) is 2.78. The quantitative estimate of drug-likeness (QED) is 0.289. The van der Waals surface area contributed by atoms with Crippen molar-refractivity contribution in [2.45, 2.75) is 0 Å². The van der Waals surface area contributed by atoms with E-state index in [-0.39, 0.29) is 0 Å². The van der Waals surface area contributed by atoms with E-state index in [1.165, 1.54) is 0 Å². The Hall–Kier alpha value is 1.12. The second-order valence-corrected chi connectivity index (χ2v) is 23.0. The third-order valence-electron chi connectivity index (χ3n) is 0.614. The molecule has 0 unspecified atom stereocenters. The third-order valence-corrected chi connectivity index (χ3v) is 31.4. The van der Waals surface area contributed by atoms with Crippen molar-refractivity contribution in [3.8, 4) is 0 Å². The number of hydrogen-bond acceptors (Lipinski definition) is 0. The van der Waals surface area contributed by atoms with Gasteiger partial charge in [-0.3, -0.25) is 0 Å². The molecule has 1 heterocycles. The van der Waals surface area contributed by atoms with Gasteiger partial charge in [0.05, 0.1) is 0 Å². The summed E-state index contributed by atoms with van der Waals surface area (Å²) in [4.78, 5) is 0. The molecule has 0 atom stereocenters. The van der Waals surface area contributed by atoms with Gasteiger partial charge in [0.1, 0.15) is 0 Å². The fraction of sp³-hybridized carbons (Fsp3) is 0. The van der Waals surface area contributed by atoms with Gasteiger partial charge in [-0.2, -0.15) is 0 Å². The van der Waals surface area contributed by atoms with E-state index < -0.39 is 0 Å². The number of halogens is 1. The van der Waals surface area contributed by atoms with Gasteiger partial charge in [-0.15, -0.1) is 0 Å². The zero-order valence-electron chi connectivity index (χ0n) is 3.42. The van der Waals surface area contributed by atoms with Gasteiger partial charge in [0.15, 0.2) is 0 Å². The van der Waals surface area contributed by atoms with Crippen LogP contribution in [0.1, 0.15) is 0 Å². The normalized spacial score (nSPS) is 24.0. The van der Waals surface area contributed by atoms with E-state index in [2.05, 4.69) is 9.78 Å². The van der Waals surface area contributed by atoms with Crippen molar-refractivity contribution in [1.82, 2.24) is 0 Å². The molecule has 0 spiro atoms. The molecule has 0 nitrogen and oxygen atoms in total. The van der Waals surface area contributed by atoms with Gasteiger partial charge in [0, 0.05) is 0 Å². The third kappa shape index (κ3) is 1.71. The molecule has 0 aromatic rings. The van der Waals surface area contributed by atoms with Crippen LogP contribution in [-0.2, 0) is 0 Å². The summed E-state index contributed by atoms with van der Waals surface area (Å²) in [5, 5.41) is 0. The van der Waals surface area contributed by atoms with Crippen molar-refractivity contribution in [2.75, 3.05) is 0 Å². The first-order valence-electron chi connectivity index (χ1n) is 1.93. The zero-order chi connectivity index (χ0) is 4.24. The van der Waals surface area contributed by atoms with E-state index in [9.17, 15) is 0 Å². The molecule has 1 aliphatic rings. The van der Waals surface area contributed by atoms with Crippen LogP contribution in [0.15, 0.2) is 9.78 Å². The Morgan fingerprint density at radius 1 is 1.67 bits per heavy atom. The fourth-order valence-electron chi connectivity index (χ4n) is 0.346. The Morgan fingerprint density at radius 2 is 2.67 bits per heavy atom. The van der Waals surface area contributed by atoms with Crippen LogP contribution in [-0.4, -0.2) is 23.3 Å². The summed E-state index contributed by atoms with van der Waals surface area (Å²) in [5.74, 6) is 0. The fourth-order valence-corrected chi connectivity index (χ4v) is 31.7.